The normalized spacial score (nSPS) is 32.0. The van der Waals surface area contributed by atoms with Crippen molar-refractivity contribution >= 4 is 5.91 Å². The van der Waals surface area contributed by atoms with E-state index < -0.39 is 0 Å². The Morgan fingerprint density at radius 2 is 1.94 bits per heavy atom. The van der Waals surface area contributed by atoms with Crippen molar-refractivity contribution in [2.24, 2.45) is 23.0 Å². The smallest absolute Gasteiger partial charge is 0.224 e. The van der Waals surface area contributed by atoms with Crippen molar-refractivity contribution in [3.05, 3.63) is 0 Å². The summed E-state index contributed by atoms with van der Waals surface area (Å²) in [5.41, 5.74) is 6.16. The number of carbonyl (C=O) groups is 1. The van der Waals surface area contributed by atoms with Crippen LogP contribution in [0.3, 0.4) is 0 Å². The number of hydrogen-bond acceptors (Lipinski definition) is 2. The highest BCUT2D eigenvalue weighted by molar-refractivity contribution is 5.79. The fraction of sp³-hybridized carbons (Fsp3) is 0.929. The molecule has 4 unspecified atom stereocenters. The zero-order chi connectivity index (χ0) is 13.2. The number of nitrogens with one attached hydrogen (secondary N) is 1. The molecule has 0 aromatic heterocycles. The van der Waals surface area contributed by atoms with Gasteiger partial charge in [-0.05, 0) is 37.5 Å². The van der Waals surface area contributed by atoms with Crippen LogP contribution in [-0.2, 0) is 4.79 Å². The summed E-state index contributed by atoms with van der Waals surface area (Å²) in [7, 11) is 0. The van der Waals surface area contributed by atoms with Crippen molar-refractivity contribution in [2.45, 2.75) is 66.0 Å². The molecule has 3 heteroatoms. The van der Waals surface area contributed by atoms with Gasteiger partial charge in [-0.25, -0.2) is 0 Å². The van der Waals surface area contributed by atoms with Crippen molar-refractivity contribution in [3.63, 3.8) is 0 Å². The van der Waals surface area contributed by atoms with Gasteiger partial charge in [-0.15, -0.1) is 0 Å². The minimum atomic E-state index is 0.00329. The van der Waals surface area contributed by atoms with E-state index >= 15 is 0 Å². The first-order valence-corrected chi connectivity index (χ1v) is 6.77. The standard InChI is InChI=1S/C14H28N2O/c1-9-6-7-12(15)11(8-9)13(17)16-10(2)14(3,4)5/h9-12H,6-8,15H2,1-5H3,(H,16,17). The van der Waals surface area contributed by atoms with Crippen LogP contribution in [0.1, 0.15) is 53.9 Å². The van der Waals surface area contributed by atoms with Crippen LogP contribution in [0, 0.1) is 17.3 Å². The SMILES string of the molecule is CC1CCC(N)C(C(=O)NC(C)C(C)(C)C)C1. The lowest BCUT2D eigenvalue weighted by molar-refractivity contribution is -0.128. The van der Waals surface area contributed by atoms with Gasteiger partial charge in [-0.1, -0.05) is 27.7 Å². The monoisotopic (exact) mass is 240 g/mol. The van der Waals surface area contributed by atoms with Gasteiger partial charge in [0.1, 0.15) is 0 Å². The van der Waals surface area contributed by atoms with E-state index in [-0.39, 0.29) is 29.3 Å². The van der Waals surface area contributed by atoms with E-state index in [1.807, 2.05) is 0 Å². The van der Waals surface area contributed by atoms with E-state index in [0.717, 1.165) is 19.3 Å². The fourth-order valence-corrected chi connectivity index (χ4v) is 2.24. The van der Waals surface area contributed by atoms with Gasteiger partial charge in [0.05, 0.1) is 5.92 Å². The molecule has 17 heavy (non-hydrogen) atoms. The fourth-order valence-electron chi connectivity index (χ4n) is 2.24. The molecule has 1 aliphatic rings. The molecule has 1 fully saturated rings. The highest BCUT2D eigenvalue weighted by atomic mass is 16.2. The molecular formula is C14H28N2O. The number of carbonyl (C=O) groups excluding carboxylic acids is 1. The topological polar surface area (TPSA) is 55.1 Å². The quantitative estimate of drug-likeness (QED) is 0.778. The number of amides is 1. The van der Waals surface area contributed by atoms with Gasteiger partial charge in [-0.3, -0.25) is 4.79 Å². The molecule has 0 bridgehead atoms. The lowest BCUT2D eigenvalue weighted by Crippen LogP contribution is -2.50. The summed E-state index contributed by atoms with van der Waals surface area (Å²) in [6.07, 6.45) is 3.06. The van der Waals surface area contributed by atoms with Gasteiger partial charge in [0, 0.05) is 12.1 Å². The molecule has 3 nitrogen and oxygen atoms in total. The van der Waals surface area contributed by atoms with Gasteiger partial charge in [0.2, 0.25) is 5.91 Å². The summed E-state index contributed by atoms with van der Waals surface area (Å²) in [5, 5.41) is 3.12. The van der Waals surface area contributed by atoms with Crippen molar-refractivity contribution < 1.29 is 4.79 Å². The first-order chi connectivity index (χ1) is 7.71. The van der Waals surface area contributed by atoms with E-state index in [1.54, 1.807) is 0 Å². The first kappa shape index (κ1) is 14.5. The number of nitrogens with two attached hydrogens (primary N) is 1. The average Bonchev–Trinajstić information content (AvgIpc) is 2.20. The Labute approximate surface area is 106 Å². The molecule has 4 atom stereocenters. The van der Waals surface area contributed by atoms with Gasteiger partial charge in [-0.2, -0.15) is 0 Å². The summed E-state index contributed by atoms with van der Waals surface area (Å²) >= 11 is 0. The van der Waals surface area contributed by atoms with E-state index in [0.29, 0.717) is 5.92 Å². The Hall–Kier alpha value is -0.570. The minimum absolute atomic E-state index is 0.00329. The van der Waals surface area contributed by atoms with Gasteiger partial charge in [0.15, 0.2) is 0 Å². The van der Waals surface area contributed by atoms with E-state index in [4.69, 9.17) is 5.73 Å². The van der Waals surface area contributed by atoms with Crippen LogP contribution in [0.25, 0.3) is 0 Å². The van der Waals surface area contributed by atoms with Crippen LogP contribution in [0.2, 0.25) is 0 Å². The zero-order valence-corrected chi connectivity index (χ0v) is 11.9. The summed E-state index contributed by atoms with van der Waals surface area (Å²) in [4.78, 5) is 12.2. The van der Waals surface area contributed by atoms with E-state index in [2.05, 4.69) is 39.9 Å². The van der Waals surface area contributed by atoms with Crippen molar-refractivity contribution in [1.82, 2.24) is 5.32 Å². The van der Waals surface area contributed by atoms with Crippen molar-refractivity contribution in [2.75, 3.05) is 0 Å². The van der Waals surface area contributed by atoms with Crippen LogP contribution >= 0.6 is 0 Å². The molecular weight excluding hydrogens is 212 g/mol. The van der Waals surface area contributed by atoms with Crippen LogP contribution in [0.5, 0.6) is 0 Å². The molecule has 0 radical (unpaired) electrons. The molecule has 0 aromatic rings. The summed E-state index contributed by atoms with van der Waals surface area (Å²) < 4.78 is 0. The number of rotatable bonds is 2. The van der Waals surface area contributed by atoms with Crippen LogP contribution < -0.4 is 11.1 Å². The van der Waals surface area contributed by atoms with Crippen LogP contribution in [-0.4, -0.2) is 18.0 Å². The second kappa shape index (κ2) is 5.38. The number of hydrogen-bond donors (Lipinski definition) is 2. The highest BCUT2D eigenvalue weighted by Gasteiger charge is 2.33. The molecule has 0 saturated heterocycles. The predicted molar refractivity (Wildman–Crippen MR) is 71.5 cm³/mol. The molecule has 0 heterocycles. The van der Waals surface area contributed by atoms with Crippen LogP contribution in [0.4, 0.5) is 0 Å². The molecule has 0 aromatic carbocycles. The first-order valence-electron chi connectivity index (χ1n) is 6.77. The molecule has 3 N–H and O–H groups in total. The third-order valence-electron chi connectivity index (χ3n) is 4.16. The molecule has 1 amide bonds. The summed E-state index contributed by atoms with van der Waals surface area (Å²) in [5.74, 6) is 0.769. The second-order valence-electron chi connectivity index (χ2n) is 6.78. The summed E-state index contributed by atoms with van der Waals surface area (Å²) in [6, 6.07) is 0.220. The maximum absolute atomic E-state index is 12.2. The molecule has 1 rings (SSSR count). The molecule has 100 valence electrons. The van der Waals surface area contributed by atoms with Gasteiger partial charge < -0.3 is 11.1 Å². The Bertz CT molecular complexity index is 270. The summed E-state index contributed by atoms with van der Waals surface area (Å²) in [6.45, 7) is 10.7. The molecule has 0 spiro atoms. The van der Waals surface area contributed by atoms with E-state index in [9.17, 15) is 4.79 Å². The molecule has 0 aliphatic heterocycles. The highest BCUT2D eigenvalue weighted by Crippen LogP contribution is 2.28. The van der Waals surface area contributed by atoms with Gasteiger partial charge >= 0.3 is 0 Å². The van der Waals surface area contributed by atoms with Crippen molar-refractivity contribution in [1.29, 1.82) is 0 Å². The Balaban J connectivity index is 2.57. The molecule has 1 saturated carbocycles. The Morgan fingerprint density at radius 1 is 1.35 bits per heavy atom. The Morgan fingerprint density at radius 3 is 2.47 bits per heavy atom. The third-order valence-corrected chi connectivity index (χ3v) is 4.16. The predicted octanol–water partition coefficient (Wildman–Crippen LogP) is 2.30. The third kappa shape index (κ3) is 3.98. The molecule has 1 aliphatic carbocycles. The van der Waals surface area contributed by atoms with E-state index in [1.165, 1.54) is 0 Å². The van der Waals surface area contributed by atoms with Crippen LogP contribution in [0.15, 0.2) is 0 Å². The maximum Gasteiger partial charge on any atom is 0.224 e. The second-order valence-corrected chi connectivity index (χ2v) is 6.78. The van der Waals surface area contributed by atoms with Gasteiger partial charge in [0.25, 0.3) is 0 Å². The Kier molecular flexibility index (Phi) is 4.59. The largest absolute Gasteiger partial charge is 0.353 e. The lowest BCUT2D eigenvalue weighted by atomic mass is 9.78. The minimum Gasteiger partial charge on any atom is -0.353 e. The average molecular weight is 240 g/mol. The lowest BCUT2D eigenvalue weighted by Gasteiger charge is -2.34. The van der Waals surface area contributed by atoms with Crippen molar-refractivity contribution in [3.8, 4) is 0 Å². The zero-order valence-electron chi connectivity index (χ0n) is 11.9. The maximum atomic E-state index is 12.2.